The van der Waals surface area contributed by atoms with Gasteiger partial charge in [-0.1, -0.05) is 42.5 Å². The molecule has 1 heterocycles. The first kappa shape index (κ1) is 25.2. The Morgan fingerprint density at radius 2 is 1.75 bits per heavy atom. The van der Waals surface area contributed by atoms with Gasteiger partial charge in [0.1, 0.15) is 0 Å². The molecular formula is C23H27ClN4O3S. The van der Waals surface area contributed by atoms with Gasteiger partial charge in [-0.3, -0.25) is 0 Å². The molecule has 1 aromatic heterocycles. The largest absolute Gasteiger partial charge is 1.00 e. The van der Waals surface area contributed by atoms with Crippen molar-refractivity contribution >= 4 is 27.4 Å². The minimum Gasteiger partial charge on any atom is -1.00 e. The van der Waals surface area contributed by atoms with Crippen molar-refractivity contribution in [2.45, 2.75) is 38.3 Å². The molecule has 170 valence electrons. The molecule has 2 amide bonds. The number of amides is 2. The summed E-state index contributed by atoms with van der Waals surface area (Å²) in [5.41, 5.74) is 3.20. The number of anilines is 2. The Hall–Kier alpha value is -3.10. The number of pyridine rings is 1. The van der Waals surface area contributed by atoms with Crippen molar-refractivity contribution in [3.63, 3.8) is 0 Å². The monoisotopic (exact) mass is 474 g/mol. The van der Waals surface area contributed by atoms with Gasteiger partial charge in [-0.2, -0.15) is 4.57 Å². The van der Waals surface area contributed by atoms with E-state index < -0.39 is 16.1 Å². The maximum atomic E-state index is 13.1. The molecule has 3 rings (SSSR count). The molecule has 0 atom stereocenters. The number of benzene rings is 2. The molecule has 0 unspecified atom stereocenters. The number of nitrogens with zero attached hydrogens (tertiary/aromatic N) is 1. The predicted octanol–water partition coefficient (Wildman–Crippen LogP) is 0.475. The van der Waals surface area contributed by atoms with Gasteiger partial charge in [-0.15, -0.1) is 0 Å². The molecule has 3 aromatic rings. The fourth-order valence-corrected chi connectivity index (χ4v) is 4.17. The first-order chi connectivity index (χ1) is 14.7. The summed E-state index contributed by atoms with van der Waals surface area (Å²) in [4.78, 5) is 12.1. The number of nitrogens with one attached hydrogen (secondary N) is 3. The van der Waals surface area contributed by atoms with Crippen LogP contribution in [-0.4, -0.2) is 20.5 Å². The highest BCUT2D eigenvalue weighted by Gasteiger charge is 2.26. The zero-order valence-electron chi connectivity index (χ0n) is 18.2. The van der Waals surface area contributed by atoms with Crippen LogP contribution in [0.4, 0.5) is 16.2 Å². The van der Waals surface area contributed by atoms with E-state index in [4.69, 9.17) is 0 Å². The van der Waals surface area contributed by atoms with E-state index in [0.717, 1.165) is 16.8 Å². The van der Waals surface area contributed by atoms with Gasteiger partial charge in [-0.05, 0) is 38.5 Å². The number of carbonyl (C=O) groups is 1. The minimum atomic E-state index is -4.13. The number of carbonyl (C=O) groups excluding carboxylic acids is 1. The fourth-order valence-electron chi connectivity index (χ4n) is 3.07. The van der Waals surface area contributed by atoms with E-state index in [1.165, 1.54) is 6.20 Å². The summed E-state index contributed by atoms with van der Waals surface area (Å²) in [7, 11) is -4.13. The van der Waals surface area contributed by atoms with Gasteiger partial charge in [-0.25, -0.2) is 17.9 Å². The average molecular weight is 475 g/mol. The van der Waals surface area contributed by atoms with E-state index in [9.17, 15) is 13.2 Å². The van der Waals surface area contributed by atoms with Gasteiger partial charge < -0.3 is 23.0 Å². The zero-order valence-corrected chi connectivity index (χ0v) is 19.7. The third kappa shape index (κ3) is 6.96. The molecule has 0 saturated heterocycles. The van der Waals surface area contributed by atoms with Gasteiger partial charge in [0.05, 0.1) is 5.69 Å². The van der Waals surface area contributed by atoms with Crippen molar-refractivity contribution < 1.29 is 30.2 Å². The zero-order chi connectivity index (χ0) is 22.4. The lowest BCUT2D eigenvalue weighted by Crippen LogP contribution is -3.00. The fraction of sp³-hybridized carbons (Fsp3) is 0.217. The van der Waals surface area contributed by atoms with E-state index in [1.54, 1.807) is 30.7 Å². The van der Waals surface area contributed by atoms with Crippen LogP contribution in [0.1, 0.15) is 25.0 Å². The first-order valence-electron chi connectivity index (χ1n) is 9.97. The summed E-state index contributed by atoms with van der Waals surface area (Å²) in [6.07, 6.45) is 3.33. The molecule has 7 nitrogen and oxygen atoms in total. The van der Waals surface area contributed by atoms with Crippen LogP contribution in [0.15, 0.2) is 78.0 Å². The Labute approximate surface area is 195 Å². The molecule has 0 spiro atoms. The maximum Gasteiger partial charge on any atom is 0.328 e. The lowest BCUT2D eigenvalue weighted by Gasteiger charge is -2.14. The molecule has 0 fully saturated rings. The third-order valence-electron chi connectivity index (χ3n) is 4.42. The van der Waals surface area contributed by atoms with Crippen LogP contribution in [0.5, 0.6) is 0 Å². The Morgan fingerprint density at radius 3 is 2.41 bits per heavy atom. The van der Waals surface area contributed by atoms with Crippen LogP contribution in [-0.2, 0) is 16.6 Å². The SMILES string of the molecule is Cc1cccc(Nc2cc[n+](Cc3ccccc3)cc2S(=O)(=O)NC(=O)NC(C)C)c1.[Cl-]. The van der Waals surface area contributed by atoms with Crippen LogP contribution in [0.3, 0.4) is 0 Å². The van der Waals surface area contributed by atoms with Crippen molar-refractivity contribution in [3.05, 3.63) is 84.2 Å². The van der Waals surface area contributed by atoms with Gasteiger partial charge in [0.25, 0.3) is 10.0 Å². The number of urea groups is 1. The third-order valence-corrected chi connectivity index (χ3v) is 5.78. The molecule has 9 heteroatoms. The summed E-state index contributed by atoms with van der Waals surface area (Å²) in [6.45, 7) is 5.96. The van der Waals surface area contributed by atoms with Crippen molar-refractivity contribution in [3.8, 4) is 0 Å². The Kier molecular flexibility index (Phi) is 8.63. The summed E-state index contributed by atoms with van der Waals surface area (Å²) >= 11 is 0. The lowest BCUT2D eigenvalue weighted by molar-refractivity contribution is -0.690. The van der Waals surface area contributed by atoms with Crippen molar-refractivity contribution in [2.24, 2.45) is 0 Å². The number of halogens is 1. The molecule has 2 aromatic carbocycles. The normalized spacial score (nSPS) is 10.9. The van der Waals surface area contributed by atoms with E-state index in [-0.39, 0.29) is 23.3 Å². The number of aromatic nitrogens is 1. The molecule has 0 aliphatic carbocycles. The number of hydrogen-bond acceptors (Lipinski definition) is 4. The van der Waals surface area contributed by atoms with Gasteiger partial charge in [0, 0.05) is 23.4 Å². The Balaban J connectivity index is 0.00000363. The highest BCUT2D eigenvalue weighted by molar-refractivity contribution is 7.90. The second-order valence-corrected chi connectivity index (χ2v) is 9.26. The van der Waals surface area contributed by atoms with E-state index >= 15 is 0 Å². The quantitative estimate of drug-likeness (QED) is 0.434. The Morgan fingerprint density at radius 1 is 1.03 bits per heavy atom. The molecule has 0 saturated carbocycles. The van der Waals surface area contributed by atoms with Crippen molar-refractivity contribution in [1.82, 2.24) is 10.0 Å². The Bertz CT molecular complexity index is 1170. The maximum absolute atomic E-state index is 13.1. The number of aryl methyl sites for hydroxylation is 1. The first-order valence-corrected chi connectivity index (χ1v) is 11.5. The molecule has 32 heavy (non-hydrogen) atoms. The molecule has 0 aliphatic rings. The second-order valence-electron chi connectivity index (χ2n) is 7.61. The summed E-state index contributed by atoms with van der Waals surface area (Å²) in [5, 5.41) is 5.70. The van der Waals surface area contributed by atoms with Gasteiger partial charge >= 0.3 is 6.03 Å². The van der Waals surface area contributed by atoms with Crippen LogP contribution in [0.25, 0.3) is 0 Å². The standard InChI is InChI=1S/C23H26N4O3S.ClH/c1-17(2)24-23(28)26-31(29,30)22-16-27(15-19-9-5-4-6-10-19)13-12-21(22)25-20-11-7-8-18(3)14-20;/h4-14,16-17H,15H2,1-3H3,(H2,24,26,28);1H. The second kappa shape index (κ2) is 11.0. The molecular weight excluding hydrogens is 448 g/mol. The van der Waals surface area contributed by atoms with Crippen molar-refractivity contribution in [2.75, 3.05) is 5.32 Å². The van der Waals surface area contributed by atoms with E-state index in [2.05, 4.69) is 15.4 Å². The highest BCUT2D eigenvalue weighted by atomic mass is 35.5. The number of hydrogen-bond donors (Lipinski definition) is 3. The summed E-state index contributed by atoms with van der Waals surface area (Å²) in [6, 6.07) is 18.1. The molecule has 3 N–H and O–H groups in total. The summed E-state index contributed by atoms with van der Waals surface area (Å²) in [5.74, 6) is 0. The number of rotatable bonds is 7. The average Bonchev–Trinajstić information content (AvgIpc) is 2.69. The molecule has 0 bridgehead atoms. The minimum absolute atomic E-state index is 0. The van der Waals surface area contributed by atoms with Crippen LogP contribution < -0.4 is 32.3 Å². The van der Waals surface area contributed by atoms with Crippen molar-refractivity contribution in [1.29, 1.82) is 0 Å². The van der Waals surface area contributed by atoms with E-state index in [1.807, 2.05) is 61.5 Å². The molecule has 0 radical (unpaired) electrons. The van der Waals surface area contributed by atoms with Gasteiger partial charge in [0.2, 0.25) is 0 Å². The summed E-state index contributed by atoms with van der Waals surface area (Å²) < 4.78 is 30.0. The van der Waals surface area contributed by atoms with Crippen LogP contribution in [0, 0.1) is 6.92 Å². The van der Waals surface area contributed by atoms with Crippen LogP contribution >= 0.6 is 0 Å². The predicted molar refractivity (Wildman–Crippen MR) is 121 cm³/mol. The van der Waals surface area contributed by atoms with Crippen LogP contribution in [0.2, 0.25) is 0 Å². The van der Waals surface area contributed by atoms with Gasteiger partial charge in [0.15, 0.2) is 23.8 Å². The highest BCUT2D eigenvalue weighted by Crippen LogP contribution is 2.24. The lowest BCUT2D eigenvalue weighted by atomic mass is 10.2. The number of sulfonamides is 1. The molecule has 0 aliphatic heterocycles. The smallest absolute Gasteiger partial charge is 0.328 e. The topological polar surface area (TPSA) is 91.2 Å². The van der Waals surface area contributed by atoms with E-state index in [0.29, 0.717) is 12.2 Å².